The second-order valence-corrected chi connectivity index (χ2v) is 5.65. The first kappa shape index (κ1) is 16.4. The highest BCUT2D eigenvalue weighted by atomic mass is 19.1. The lowest BCUT2D eigenvalue weighted by Gasteiger charge is -2.38. The Labute approximate surface area is 126 Å². The summed E-state index contributed by atoms with van der Waals surface area (Å²) < 4.78 is 25.1. The summed E-state index contributed by atoms with van der Waals surface area (Å²) >= 11 is 0. The van der Waals surface area contributed by atoms with E-state index in [1.54, 1.807) is 0 Å². The Hall–Kier alpha value is -1.00. The molecule has 2 aliphatic carbocycles. The maximum Gasteiger partial charge on any atom is 0.145 e. The molecule has 4 heteroatoms. The van der Waals surface area contributed by atoms with E-state index in [9.17, 15) is 9.18 Å². The molecular weight excluding hydrogens is 271 g/mol. The quantitative estimate of drug-likeness (QED) is 0.557. The summed E-state index contributed by atoms with van der Waals surface area (Å²) in [5.74, 6) is 0.0982. The van der Waals surface area contributed by atoms with Crippen LogP contribution in [0.2, 0.25) is 0 Å². The van der Waals surface area contributed by atoms with Gasteiger partial charge in [0.1, 0.15) is 12.5 Å². The second-order valence-electron chi connectivity index (χ2n) is 5.65. The minimum atomic E-state index is -0.727. The number of halogens is 1. The Bertz CT molecular complexity index is 416. The zero-order valence-electron chi connectivity index (χ0n) is 12.9. The van der Waals surface area contributed by atoms with E-state index in [-0.39, 0.29) is 18.1 Å². The Balaban J connectivity index is 2.26. The van der Waals surface area contributed by atoms with Gasteiger partial charge in [-0.05, 0) is 44.8 Å². The van der Waals surface area contributed by atoms with Crippen molar-refractivity contribution < 1.29 is 18.7 Å². The summed E-state index contributed by atoms with van der Waals surface area (Å²) in [4.78, 5) is 11.1. The van der Waals surface area contributed by atoms with Crippen molar-refractivity contribution in [3.63, 3.8) is 0 Å². The minimum Gasteiger partial charge on any atom is -0.377 e. The molecule has 4 atom stereocenters. The smallest absolute Gasteiger partial charge is 0.145 e. The van der Waals surface area contributed by atoms with Crippen molar-refractivity contribution in [2.45, 2.75) is 57.9 Å². The van der Waals surface area contributed by atoms with Crippen molar-refractivity contribution in [1.82, 2.24) is 0 Å². The van der Waals surface area contributed by atoms with Crippen molar-refractivity contribution in [2.24, 2.45) is 5.92 Å². The number of rotatable bonds is 6. The van der Waals surface area contributed by atoms with Crippen LogP contribution in [0.1, 0.15) is 39.5 Å². The monoisotopic (exact) mass is 296 g/mol. The number of alkyl halides is 1. The van der Waals surface area contributed by atoms with Crippen LogP contribution in [-0.4, -0.2) is 37.9 Å². The number of carbonyl (C=O) groups is 1. The second kappa shape index (κ2) is 7.85. The molecular formula is C17H25FO3. The van der Waals surface area contributed by atoms with Crippen molar-refractivity contribution in [2.75, 3.05) is 13.2 Å². The van der Waals surface area contributed by atoms with Crippen LogP contribution in [0, 0.1) is 5.92 Å². The van der Waals surface area contributed by atoms with Crippen LogP contribution in [0.4, 0.5) is 4.39 Å². The molecule has 1 unspecified atom stereocenters. The summed E-state index contributed by atoms with van der Waals surface area (Å²) in [6.07, 6.45) is 6.30. The third-order valence-corrected chi connectivity index (χ3v) is 4.27. The van der Waals surface area contributed by atoms with Gasteiger partial charge in [0.05, 0.1) is 12.2 Å². The zero-order chi connectivity index (χ0) is 15.2. The zero-order valence-corrected chi connectivity index (χ0v) is 12.9. The van der Waals surface area contributed by atoms with Gasteiger partial charge in [-0.25, -0.2) is 4.39 Å². The topological polar surface area (TPSA) is 35.5 Å². The van der Waals surface area contributed by atoms with E-state index in [1.807, 2.05) is 26.0 Å². The van der Waals surface area contributed by atoms with E-state index in [0.29, 0.717) is 32.5 Å². The van der Waals surface area contributed by atoms with Gasteiger partial charge >= 0.3 is 0 Å². The number of hydrogen-bond donors (Lipinski definition) is 0. The fraction of sp³-hybridized carbons (Fsp3) is 0.706. The van der Waals surface area contributed by atoms with Crippen LogP contribution in [0.3, 0.4) is 0 Å². The molecule has 0 aromatic heterocycles. The van der Waals surface area contributed by atoms with Gasteiger partial charge in [-0.15, -0.1) is 0 Å². The normalized spacial score (nSPS) is 33.3. The molecule has 0 aromatic rings. The summed E-state index contributed by atoms with van der Waals surface area (Å²) in [6, 6.07) is 0. The van der Waals surface area contributed by atoms with E-state index in [0.717, 1.165) is 18.3 Å². The maximum atomic E-state index is 13.4. The number of allylic oxidation sites excluding steroid dienone is 1. The molecule has 0 heterocycles. The SMILES string of the molecule is CCOC1C=C(C=O)C[C@@H](OCC)[C@H]1C1=CC[C@H](F)CC1. The highest BCUT2D eigenvalue weighted by Crippen LogP contribution is 2.37. The number of ether oxygens (including phenoxy) is 2. The third kappa shape index (κ3) is 4.01. The molecule has 21 heavy (non-hydrogen) atoms. The standard InChI is InChI=1S/C17H25FO3/c1-3-20-15-9-12(11-19)10-16(21-4-2)17(15)13-5-7-14(18)8-6-13/h5,9,11,14-17H,3-4,6-8,10H2,1-2H3/t14-,15?,16+,17-/m0/s1. The van der Waals surface area contributed by atoms with Crippen LogP contribution < -0.4 is 0 Å². The molecule has 2 rings (SSSR count). The Kier molecular flexibility index (Phi) is 6.12. The van der Waals surface area contributed by atoms with Crippen molar-refractivity contribution >= 4 is 6.29 Å². The average Bonchev–Trinajstić information content (AvgIpc) is 2.49. The van der Waals surface area contributed by atoms with Gasteiger partial charge in [0.25, 0.3) is 0 Å². The van der Waals surface area contributed by atoms with E-state index in [4.69, 9.17) is 9.47 Å². The molecule has 0 radical (unpaired) electrons. The summed E-state index contributed by atoms with van der Waals surface area (Å²) in [5, 5.41) is 0. The van der Waals surface area contributed by atoms with E-state index < -0.39 is 6.17 Å². The summed E-state index contributed by atoms with van der Waals surface area (Å²) in [6.45, 7) is 5.09. The molecule has 0 spiro atoms. The van der Waals surface area contributed by atoms with Crippen LogP contribution in [-0.2, 0) is 14.3 Å². The highest BCUT2D eigenvalue weighted by molar-refractivity contribution is 5.74. The predicted octanol–water partition coefficient (Wildman–Crippen LogP) is 3.39. The van der Waals surface area contributed by atoms with Gasteiger partial charge in [0.15, 0.2) is 0 Å². The van der Waals surface area contributed by atoms with E-state index in [1.165, 1.54) is 5.57 Å². The first-order valence-electron chi connectivity index (χ1n) is 7.91. The van der Waals surface area contributed by atoms with Crippen LogP contribution in [0.15, 0.2) is 23.3 Å². The molecule has 0 saturated carbocycles. The fourth-order valence-electron chi connectivity index (χ4n) is 3.34. The predicted molar refractivity (Wildman–Crippen MR) is 79.9 cm³/mol. The Morgan fingerprint density at radius 2 is 2.10 bits per heavy atom. The van der Waals surface area contributed by atoms with Gasteiger partial charge in [-0.1, -0.05) is 11.6 Å². The van der Waals surface area contributed by atoms with Crippen LogP contribution in [0.25, 0.3) is 0 Å². The molecule has 0 bridgehead atoms. The molecule has 0 aromatic carbocycles. The molecule has 0 saturated heterocycles. The van der Waals surface area contributed by atoms with Gasteiger partial charge < -0.3 is 9.47 Å². The van der Waals surface area contributed by atoms with Gasteiger partial charge in [-0.3, -0.25) is 4.79 Å². The minimum absolute atomic E-state index is 0.0563. The summed E-state index contributed by atoms with van der Waals surface area (Å²) in [7, 11) is 0. The number of hydrogen-bond acceptors (Lipinski definition) is 3. The van der Waals surface area contributed by atoms with Crippen LogP contribution >= 0.6 is 0 Å². The molecule has 0 aliphatic heterocycles. The van der Waals surface area contributed by atoms with E-state index in [2.05, 4.69) is 0 Å². The lowest BCUT2D eigenvalue weighted by atomic mass is 9.76. The van der Waals surface area contributed by atoms with Crippen LogP contribution in [0.5, 0.6) is 0 Å². The van der Waals surface area contributed by atoms with Gasteiger partial charge in [0.2, 0.25) is 0 Å². The van der Waals surface area contributed by atoms with Crippen molar-refractivity contribution in [3.8, 4) is 0 Å². The molecule has 2 aliphatic rings. The van der Waals surface area contributed by atoms with E-state index >= 15 is 0 Å². The molecule has 0 fully saturated rings. The molecule has 0 amide bonds. The summed E-state index contributed by atoms with van der Waals surface area (Å²) in [5.41, 5.74) is 1.96. The molecule has 3 nitrogen and oxygen atoms in total. The number of aldehydes is 1. The molecule has 118 valence electrons. The first-order chi connectivity index (χ1) is 10.2. The maximum absolute atomic E-state index is 13.4. The lowest BCUT2D eigenvalue weighted by Crippen LogP contribution is -2.40. The molecule has 0 N–H and O–H groups in total. The first-order valence-corrected chi connectivity index (χ1v) is 7.91. The lowest BCUT2D eigenvalue weighted by molar-refractivity contribution is -0.106. The number of carbonyl (C=O) groups excluding carboxylic acids is 1. The largest absolute Gasteiger partial charge is 0.377 e. The van der Waals surface area contributed by atoms with Crippen molar-refractivity contribution in [3.05, 3.63) is 23.3 Å². The average molecular weight is 296 g/mol. The Morgan fingerprint density at radius 3 is 2.67 bits per heavy atom. The third-order valence-electron chi connectivity index (χ3n) is 4.27. The van der Waals surface area contributed by atoms with Crippen molar-refractivity contribution in [1.29, 1.82) is 0 Å². The highest BCUT2D eigenvalue weighted by Gasteiger charge is 2.37. The van der Waals surface area contributed by atoms with Gasteiger partial charge in [-0.2, -0.15) is 0 Å². The Morgan fingerprint density at radius 1 is 1.33 bits per heavy atom. The van der Waals surface area contributed by atoms with Gasteiger partial charge in [0, 0.05) is 25.6 Å². The fourth-order valence-corrected chi connectivity index (χ4v) is 3.34.